The highest BCUT2D eigenvalue weighted by Gasteiger charge is 2.30. The number of hydrogen-bond acceptors (Lipinski definition) is 2. The van der Waals surface area contributed by atoms with Crippen LogP contribution in [0.3, 0.4) is 0 Å². The average molecular weight is 302 g/mol. The molecule has 0 fully saturated rings. The van der Waals surface area contributed by atoms with Crippen LogP contribution in [0.4, 0.5) is 13.2 Å². The second-order valence-corrected chi connectivity index (χ2v) is 4.42. The minimum Gasteiger partial charge on any atom is -0.439 e. The Morgan fingerprint density at radius 2 is 1.95 bits per heavy atom. The first kappa shape index (κ1) is 14.7. The molecular weight excluding hydrogens is 291 g/mol. The highest BCUT2D eigenvalue weighted by molar-refractivity contribution is 6.17. The summed E-state index contributed by atoms with van der Waals surface area (Å²) in [6.45, 7) is 1.76. The van der Waals surface area contributed by atoms with E-state index in [-0.39, 0.29) is 11.6 Å². The van der Waals surface area contributed by atoms with Gasteiger partial charge in [0, 0.05) is 17.6 Å². The first-order valence-electron chi connectivity index (χ1n) is 5.78. The maximum Gasteiger partial charge on any atom is 0.416 e. The van der Waals surface area contributed by atoms with Crippen LogP contribution in [0.1, 0.15) is 16.8 Å². The molecular formula is C14H11ClF3NO. The van der Waals surface area contributed by atoms with Crippen molar-refractivity contribution in [3.05, 3.63) is 53.2 Å². The van der Waals surface area contributed by atoms with Crippen molar-refractivity contribution < 1.29 is 17.9 Å². The van der Waals surface area contributed by atoms with Gasteiger partial charge in [0.05, 0.1) is 5.56 Å². The lowest BCUT2D eigenvalue weighted by Crippen LogP contribution is -2.04. The Morgan fingerprint density at radius 1 is 1.20 bits per heavy atom. The number of pyridine rings is 1. The second kappa shape index (κ2) is 5.71. The number of halogens is 4. The molecule has 20 heavy (non-hydrogen) atoms. The normalized spacial score (nSPS) is 11.4. The monoisotopic (exact) mass is 301 g/mol. The molecule has 0 aliphatic rings. The molecule has 2 aromatic rings. The smallest absolute Gasteiger partial charge is 0.416 e. The molecule has 0 bridgehead atoms. The molecule has 0 atom stereocenters. The molecule has 0 saturated heterocycles. The second-order valence-electron chi connectivity index (χ2n) is 4.16. The van der Waals surface area contributed by atoms with Gasteiger partial charge in [-0.05, 0) is 30.7 Å². The summed E-state index contributed by atoms with van der Waals surface area (Å²) in [5.41, 5.74) is 0.775. The zero-order valence-corrected chi connectivity index (χ0v) is 11.3. The number of aryl methyl sites for hydroxylation is 1. The summed E-state index contributed by atoms with van der Waals surface area (Å²) in [6, 6.07) is 7.97. The quantitative estimate of drug-likeness (QED) is 0.749. The van der Waals surface area contributed by atoms with Crippen LogP contribution in [-0.4, -0.2) is 4.98 Å². The minimum absolute atomic E-state index is 0.0883. The molecule has 0 saturated carbocycles. The van der Waals surface area contributed by atoms with E-state index in [1.165, 1.54) is 12.1 Å². The van der Waals surface area contributed by atoms with E-state index >= 15 is 0 Å². The highest BCUT2D eigenvalue weighted by Crippen LogP contribution is 2.32. The molecule has 0 amide bonds. The van der Waals surface area contributed by atoms with Crippen molar-refractivity contribution >= 4 is 11.6 Å². The Kier molecular flexibility index (Phi) is 4.18. The number of aromatic nitrogens is 1. The van der Waals surface area contributed by atoms with Gasteiger partial charge in [0.2, 0.25) is 5.88 Å². The highest BCUT2D eigenvalue weighted by atomic mass is 35.5. The van der Waals surface area contributed by atoms with Gasteiger partial charge < -0.3 is 4.74 Å². The van der Waals surface area contributed by atoms with E-state index in [1.54, 1.807) is 19.1 Å². The van der Waals surface area contributed by atoms with E-state index in [0.29, 0.717) is 11.6 Å². The maximum absolute atomic E-state index is 12.6. The maximum atomic E-state index is 12.6. The third kappa shape index (κ3) is 3.42. The third-order valence-corrected chi connectivity index (χ3v) is 2.99. The third-order valence-electron chi connectivity index (χ3n) is 2.70. The predicted molar refractivity (Wildman–Crippen MR) is 70.0 cm³/mol. The fraction of sp³-hybridized carbons (Fsp3) is 0.214. The number of alkyl halides is 4. The molecule has 0 radical (unpaired) electrons. The lowest BCUT2D eigenvalue weighted by atomic mass is 10.2. The van der Waals surface area contributed by atoms with Crippen LogP contribution >= 0.6 is 11.6 Å². The molecule has 2 rings (SSSR count). The molecule has 1 aromatic heterocycles. The molecule has 106 valence electrons. The Hall–Kier alpha value is -1.75. The van der Waals surface area contributed by atoms with Crippen LogP contribution < -0.4 is 4.74 Å². The average Bonchev–Trinajstić information content (AvgIpc) is 2.38. The van der Waals surface area contributed by atoms with Crippen LogP contribution in [0.2, 0.25) is 0 Å². The van der Waals surface area contributed by atoms with Crippen molar-refractivity contribution in [2.24, 2.45) is 0 Å². The van der Waals surface area contributed by atoms with Gasteiger partial charge in [-0.1, -0.05) is 12.1 Å². The van der Waals surface area contributed by atoms with Crippen LogP contribution in [0.25, 0.3) is 0 Å². The van der Waals surface area contributed by atoms with E-state index in [9.17, 15) is 13.2 Å². The molecule has 0 N–H and O–H groups in total. The predicted octanol–water partition coefficient (Wildman–Crippen LogP) is 4.94. The topological polar surface area (TPSA) is 22.1 Å². The summed E-state index contributed by atoms with van der Waals surface area (Å²) in [4.78, 5) is 4.14. The minimum atomic E-state index is -4.40. The van der Waals surface area contributed by atoms with Crippen molar-refractivity contribution in [2.75, 3.05) is 0 Å². The van der Waals surface area contributed by atoms with E-state index in [4.69, 9.17) is 16.3 Å². The van der Waals surface area contributed by atoms with Crippen molar-refractivity contribution in [3.8, 4) is 11.6 Å². The lowest BCUT2D eigenvalue weighted by Gasteiger charge is -2.10. The Bertz CT molecular complexity index is 614. The fourth-order valence-electron chi connectivity index (χ4n) is 1.62. The van der Waals surface area contributed by atoms with Crippen molar-refractivity contribution in [2.45, 2.75) is 19.0 Å². The zero-order valence-electron chi connectivity index (χ0n) is 10.5. The largest absolute Gasteiger partial charge is 0.439 e. The number of hydrogen-bond donors (Lipinski definition) is 0. The van der Waals surface area contributed by atoms with Gasteiger partial charge in [-0.25, -0.2) is 4.98 Å². The molecule has 0 aliphatic carbocycles. The van der Waals surface area contributed by atoms with Crippen LogP contribution in [0.5, 0.6) is 11.6 Å². The van der Waals surface area contributed by atoms with Gasteiger partial charge in [-0.2, -0.15) is 13.2 Å². The van der Waals surface area contributed by atoms with Crippen molar-refractivity contribution in [1.82, 2.24) is 4.98 Å². The van der Waals surface area contributed by atoms with Gasteiger partial charge in [0.15, 0.2) is 0 Å². The van der Waals surface area contributed by atoms with Gasteiger partial charge in [-0.15, -0.1) is 11.6 Å². The molecule has 0 spiro atoms. The SMILES string of the molecule is Cc1nc(Oc2cccc(C(F)(F)F)c2)ccc1CCl. The van der Waals surface area contributed by atoms with E-state index < -0.39 is 11.7 Å². The molecule has 0 aliphatic heterocycles. The zero-order chi connectivity index (χ0) is 14.8. The van der Waals surface area contributed by atoms with Crippen molar-refractivity contribution in [1.29, 1.82) is 0 Å². The number of rotatable bonds is 3. The molecule has 6 heteroatoms. The summed E-state index contributed by atoms with van der Waals surface area (Å²) in [7, 11) is 0. The summed E-state index contributed by atoms with van der Waals surface area (Å²) in [5.74, 6) is 0.643. The van der Waals surface area contributed by atoms with E-state index in [2.05, 4.69) is 4.98 Å². The Balaban J connectivity index is 2.24. The van der Waals surface area contributed by atoms with Crippen LogP contribution in [-0.2, 0) is 12.1 Å². The number of benzene rings is 1. The fourth-order valence-corrected chi connectivity index (χ4v) is 1.90. The summed E-state index contributed by atoms with van der Waals surface area (Å²) in [5, 5.41) is 0. The summed E-state index contributed by atoms with van der Waals surface area (Å²) >= 11 is 5.71. The molecule has 1 aromatic carbocycles. The Labute approximate surface area is 119 Å². The number of ether oxygens (including phenoxy) is 1. The van der Waals surface area contributed by atoms with E-state index in [0.717, 1.165) is 17.7 Å². The van der Waals surface area contributed by atoms with Crippen LogP contribution in [0, 0.1) is 6.92 Å². The Morgan fingerprint density at radius 3 is 2.55 bits per heavy atom. The van der Waals surface area contributed by atoms with Crippen LogP contribution in [0.15, 0.2) is 36.4 Å². The van der Waals surface area contributed by atoms with Gasteiger partial charge in [-0.3, -0.25) is 0 Å². The van der Waals surface area contributed by atoms with Gasteiger partial charge in [0.25, 0.3) is 0 Å². The van der Waals surface area contributed by atoms with Gasteiger partial charge >= 0.3 is 6.18 Å². The first-order chi connectivity index (χ1) is 9.40. The number of nitrogens with zero attached hydrogens (tertiary/aromatic N) is 1. The molecule has 1 heterocycles. The standard InChI is InChI=1S/C14H11ClF3NO/c1-9-10(8-15)5-6-13(19-9)20-12-4-2-3-11(7-12)14(16,17)18/h2-7H,8H2,1H3. The lowest BCUT2D eigenvalue weighted by molar-refractivity contribution is -0.137. The summed E-state index contributed by atoms with van der Waals surface area (Å²) in [6.07, 6.45) is -4.40. The first-order valence-corrected chi connectivity index (χ1v) is 6.31. The molecule has 2 nitrogen and oxygen atoms in total. The van der Waals surface area contributed by atoms with E-state index in [1.807, 2.05) is 0 Å². The summed E-state index contributed by atoms with van der Waals surface area (Å²) < 4.78 is 43.1. The van der Waals surface area contributed by atoms with Crippen molar-refractivity contribution in [3.63, 3.8) is 0 Å². The van der Waals surface area contributed by atoms with Gasteiger partial charge in [0.1, 0.15) is 5.75 Å². The molecule has 0 unspecified atom stereocenters.